The summed E-state index contributed by atoms with van der Waals surface area (Å²) >= 11 is 0. The predicted octanol–water partition coefficient (Wildman–Crippen LogP) is 2.33. The van der Waals surface area contributed by atoms with Gasteiger partial charge in [0, 0.05) is 13.0 Å². The maximum atomic E-state index is 13.1. The average Bonchev–Trinajstić information content (AvgIpc) is 3.37. The number of aromatic nitrogens is 4. The number of para-hydroxylation sites is 1. The quantitative estimate of drug-likeness (QED) is 0.519. The first-order valence-electron chi connectivity index (χ1n) is 11.8. The molecule has 3 amide bonds. The molecule has 182 valence electrons. The van der Waals surface area contributed by atoms with Crippen molar-refractivity contribution in [3.8, 4) is 5.69 Å². The van der Waals surface area contributed by atoms with Gasteiger partial charge in [-0.05, 0) is 60.4 Å². The SMILES string of the molecule is Cc1ccc(-n2cnnn2)c(CCNC(=O)C2CCCCCC(=O)Nc3ccccc3C(=O)N2)c1. The first-order valence-corrected chi connectivity index (χ1v) is 11.8. The van der Waals surface area contributed by atoms with Crippen LogP contribution in [0.2, 0.25) is 0 Å². The van der Waals surface area contributed by atoms with Crippen molar-refractivity contribution in [1.82, 2.24) is 30.8 Å². The summed E-state index contributed by atoms with van der Waals surface area (Å²) in [6.07, 6.45) is 5.26. The molecule has 0 spiro atoms. The summed E-state index contributed by atoms with van der Waals surface area (Å²) in [5.41, 5.74) is 3.74. The largest absolute Gasteiger partial charge is 0.354 e. The Balaban J connectivity index is 1.43. The van der Waals surface area contributed by atoms with Crippen molar-refractivity contribution < 1.29 is 14.4 Å². The molecule has 0 radical (unpaired) electrons. The molecule has 3 N–H and O–H groups in total. The molecule has 2 aromatic carbocycles. The minimum Gasteiger partial charge on any atom is -0.354 e. The summed E-state index contributed by atoms with van der Waals surface area (Å²) in [6, 6.07) is 12.1. The maximum absolute atomic E-state index is 13.1. The van der Waals surface area contributed by atoms with Crippen LogP contribution in [0, 0.1) is 6.92 Å². The molecule has 0 fully saturated rings. The van der Waals surface area contributed by atoms with Crippen LogP contribution in [-0.4, -0.2) is 50.5 Å². The fourth-order valence-corrected chi connectivity index (χ4v) is 4.17. The smallest absolute Gasteiger partial charge is 0.254 e. The number of carbonyl (C=O) groups excluding carboxylic acids is 3. The van der Waals surface area contributed by atoms with E-state index in [1.807, 2.05) is 25.1 Å². The van der Waals surface area contributed by atoms with Crippen molar-refractivity contribution in [2.24, 2.45) is 0 Å². The Bertz CT molecular complexity index is 1190. The van der Waals surface area contributed by atoms with Crippen molar-refractivity contribution in [2.45, 2.75) is 51.5 Å². The van der Waals surface area contributed by atoms with Crippen LogP contribution in [0.5, 0.6) is 0 Å². The minimum atomic E-state index is -0.665. The Kier molecular flexibility index (Phi) is 7.81. The zero-order valence-electron chi connectivity index (χ0n) is 19.7. The van der Waals surface area contributed by atoms with Gasteiger partial charge in [-0.25, -0.2) is 4.68 Å². The summed E-state index contributed by atoms with van der Waals surface area (Å²) < 4.78 is 1.60. The predicted molar refractivity (Wildman–Crippen MR) is 130 cm³/mol. The van der Waals surface area contributed by atoms with E-state index in [4.69, 9.17) is 0 Å². The second-order valence-corrected chi connectivity index (χ2v) is 8.65. The van der Waals surface area contributed by atoms with Gasteiger partial charge in [-0.3, -0.25) is 14.4 Å². The molecule has 0 saturated heterocycles. The molecule has 0 bridgehead atoms. The Hall–Kier alpha value is -4.08. The normalized spacial score (nSPS) is 16.8. The second kappa shape index (κ2) is 11.4. The lowest BCUT2D eigenvalue weighted by Crippen LogP contribution is -2.47. The van der Waals surface area contributed by atoms with E-state index in [2.05, 4.69) is 31.5 Å². The van der Waals surface area contributed by atoms with E-state index < -0.39 is 6.04 Å². The molecule has 10 nitrogen and oxygen atoms in total. The number of nitrogens with one attached hydrogen (secondary N) is 3. The van der Waals surface area contributed by atoms with Crippen molar-refractivity contribution in [3.05, 3.63) is 65.5 Å². The van der Waals surface area contributed by atoms with Gasteiger partial charge < -0.3 is 16.0 Å². The molecule has 1 aliphatic rings. The molecule has 0 saturated carbocycles. The van der Waals surface area contributed by atoms with Gasteiger partial charge in [0.2, 0.25) is 11.8 Å². The van der Waals surface area contributed by atoms with Gasteiger partial charge >= 0.3 is 0 Å². The van der Waals surface area contributed by atoms with Crippen LogP contribution in [0.15, 0.2) is 48.8 Å². The van der Waals surface area contributed by atoms with E-state index in [1.54, 1.807) is 28.9 Å². The van der Waals surface area contributed by atoms with E-state index in [0.717, 1.165) is 36.1 Å². The van der Waals surface area contributed by atoms with Gasteiger partial charge in [0.15, 0.2) is 0 Å². The number of carbonyl (C=O) groups is 3. The van der Waals surface area contributed by atoms with E-state index in [1.165, 1.54) is 6.33 Å². The zero-order chi connectivity index (χ0) is 24.6. The monoisotopic (exact) mass is 475 g/mol. The van der Waals surface area contributed by atoms with Crippen molar-refractivity contribution in [3.63, 3.8) is 0 Å². The lowest BCUT2D eigenvalue weighted by Gasteiger charge is -2.20. The van der Waals surface area contributed by atoms with Gasteiger partial charge in [-0.2, -0.15) is 0 Å². The Morgan fingerprint density at radius 1 is 1.14 bits per heavy atom. The van der Waals surface area contributed by atoms with Crippen molar-refractivity contribution in [1.29, 1.82) is 0 Å². The van der Waals surface area contributed by atoms with E-state index in [-0.39, 0.29) is 17.7 Å². The number of tetrazole rings is 1. The van der Waals surface area contributed by atoms with Crippen LogP contribution in [-0.2, 0) is 16.0 Å². The molecule has 3 aromatic rings. The van der Waals surface area contributed by atoms with Gasteiger partial charge in [0.25, 0.3) is 5.91 Å². The topological polar surface area (TPSA) is 131 Å². The number of amides is 3. The zero-order valence-corrected chi connectivity index (χ0v) is 19.7. The van der Waals surface area contributed by atoms with Gasteiger partial charge in [0.05, 0.1) is 16.9 Å². The van der Waals surface area contributed by atoms with Gasteiger partial charge in [0.1, 0.15) is 12.4 Å². The highest BCUT2D eigenvalue weighted by molar-refractivity contribution is 6.05. The summed E-state index contributed by atoms with van der Waals surface area (Å²) in [4.78, 5) is 38.2. The minimum absolute atomic E-state index is 0.114. The Morgan fingerprint density at radius 3 is 2.83 bits per heavy atom. The second-order valence-electron chi connectivity index (χ2n) is 8.65. The maximum Gasteiger partial charge on any atom is 0.254 e. The highest BCUT2D eigenvalue weighted by Crippen LogP contribution is 2.18. The van der Waals surface area contributed by atoms with Crippen LogP contribution in [0.4, 0.5) is 5.69 Å². The highest BCUT2D eigenvalue weighted by Gasteiger charge is 2.23. The summed E-state index contributed by atoms with van der Waals surface area (Å²) in [5, 5.41) is 20.0. The summed E-state index contributed by atoms with van der Waals surface area (Å²) in [6.45, 7) is 2.41. The Labute approximate surface area is 203 Å². The van der Waals surface area contributed by atoms with Gasteiger partial charge in [-0.1, -0.05) is 42.7 Å². The molecule has 4 rings (SSSR count). The standard InChI is InChI=1S/C25H29N7O3/c1-17-11-12-22(32-16-27-30-31-32)18(15-17)13-14-26-25(35)21-9-3-2-4-10-23(33)28-20-8-6-5-7-19(20)24(34)29-21/h5-8,11-12,15-16,21H,2-4,9-10,13-14H2,1H3,(H,26,35)(H,28,33)(H,29,34). The van der Waals surface area contributed by atoms with Crippen LogP contribution < -0.4 is 16.0 Å². The summed E-state index contributed by atoms with van der Waals surface area (Å²) in [5.74, 6) is -0.730. The van der Waals surface area contributed by atoms with E-state index in [0.29, 0.717) is 37.1 Å². The highest BCUT2D eigenvalue weighted by atomic mass is 16.2. The summed E-state index contributed by atoms with van der Waals surface area (Å²) in [7, 11) is 0. The number of anilines is 1. The fourth-order valence-electron chi connectivity index (χ4n) is 4.17. The number of rotatable bonds is 5. The first-order chi connectivity index (χ1) is 17.0. The lowest BCUT2D eigenvalue weighted by atomic mass is 10.0. The first kappa shape index (κ1) is 24.1. The van der Waals surface area contributed by atoms with Crippen molar-refractivity contribution in [2.75, 3.05) is 11.9 Å². The molecule has 10 heteroatoms. The molecule has 2 heterocycles. The number of nitrogens with zero attached hydrogens (tertiary/aromatic N) is 4. The number of aryl methyl sites for hydroxylation is 1. The van der Waals surface area contributed by atoms with Crippen LogP contribution >= 0.6 is 0 Å². The van der Waals surface area contributed by atoms with Crippen molar-refractivity contribution >= 4 is 23.4 Å². The number of benzene rings is 2. The number of hydrogen-bond acceptors (Lipinski definition) is 6. The van der Waals surface area contributed by atoms with Crippen LogP contribution in [0.3, 0.4) is 0 Å². The molecule has 0 aliphatic carbocycles. The average molecular weight is 476 g/mol. The molecule has 1 aliphatic heterocycles. The van der Waals surface area contributed by atoms with Crippen LogP contribution in [0.25, 0.3) is 5.69 Å². The third kappa shape index (κ3) is 6.28. The van der Waals surface area contributed by atoms with Gasteiger partial charge in [-0.15, -0.1) is 5.10 Å². The number of hydrogen-bond donors (Lipinski definition) is 3. The van der Waals surface area contributed by atoms with E-state index in [9.17, 15) is 14.4 Å². The fraction of sp³-hybridized carbons (Fsp3) is 0.360. The van der Waals surface area contributed by atoms with Crippen LogP contribution in [0.1, 0.15) is 53.6 Å². The molecule has 35 heavy (non-hydrogen) atoms. The number of fused-ring (bicyclic) bond motifs is 1. The third-order valence-electron chi connectivity index (χ3n) is 5.99. The molecule has 1 atom stereocenters. The lowest BCUT2D eigenvalue weighted by molar-refractivity contribution is -0.123. The van der Waals surface area contributed by atoms with E-state index >= 15 is 0 Å². The molecule has 1 unspecified atom stereocenters. The third-order valence-corrected chi connectivity index (χ3v) is 5.99. The molecule has 1 aromatic heterocycles. The molecular formula is C25H29N7O3. The molecular weight excluding hydrogens is 446 g/mol. The Morgan fingerprint density at radius 2 is 2.00 bits per heavy atom.